The second-order valence-electron chi connectivity index (χ2n) is 7.39. The standard InChI is InChI=1S/C21H26ClNO4/c1-21(2,3)23(12-11-15-7-9-18(24)10-8-15)20(26)27-14-19(25)16-5-4-6-17(22)13-16/h4-10,13,19,24-25H,11-12,14H2,1-3H3/t19-/m0/s1. The highest BCUT2D eigenvalue weighted by molar-refractivity contribution is 6.30. The number of phenols is 1. The van der Waals surface area contributed by atoms with Crippen molar-refractivity contribution in [3.63, 3.8) is 0 Å². The van der Waals surface area contributed by atoms with Crippen LogP contribution in [-0.2, 0) is 11.2 Å². The normalized spacial score (nSPS) is 12.5. The van der Waals surface area contributed by atoms with Crippen LogP contribution in [0.5, 0.6) is 5.75 Å². The van der Waals surface area contributed by atoms with Gasteiger partial charge in [-0.2, -0.15) is 0 Å². The van der Waals surface area contributed by atoms with Crippen molar-refractivity contribution in [2.75, 3.05) is 13.2 Å². The number of carbonyl (C=O) groups is 1. The Morgan fingerprint density at radius 1 is 1.19 bits per heavy atom. The van der Waals surface area contributed by atoms with Crippen molar-refractivity contribution >= 4 is 17.7 Å². The number of nitrogens with zero attached hydrogens (tertiary/aromatic N) is 1. The summed E-state index contributed by atoms with van der Waals surface area (Å²) in [7, 11) is 0. The molecule has 0 radical (unpaired) electrons. The Morgan fingerprint density at radius 2 is 1.85 bits per heavy atom. The molecule has 1 atom stereocenters. The van der Waals surface area contributed by atoms with E-state index in [1.807, 2.05) is 32.9 Å². The molecule has 0 aliphatic carbocycles. The molecule has 2 rings (SSSR count). The van der Waals surface area contributed by atoms with E-state index in [0.717, 1.165) is 5.56 Å². The molecule has 0 saturated heterocycles. The lowest BCUT2D eigenvalue weighted by molar-refractivity contribution is 0.0298. The molecule has 27 heavy (non-hydrogen) atoms. The van der Waals surface area contributed by atoms with Crippen LogP contribution in [0.15, 0.2) is 48.5 Å². The first-order valence-corrected chi connectivity index (χ1v) is 9.20. The zero-order valence-electron chi connectivity index (χ0n) is 15.9. The highest BCUT2D eigenvalue weighted by Gasteiger charge is 2.28. The van der Waals surface area contributed by atoms with Crippen molar-refractivity contribution in [1.29, 1.82) is 0 Å². The molecule has 0 aliphatic heterocycles. The second kappa shape index (κ2) is 9.11. The maximum absolute atomic E-state index is 12.6. The molecule has 0 heterocycles. The molecule has 2 aromatic rings. The molecule has 2 N–H and O–H groups in total. The van der Waals surface area contributed by atoms with Gasteiger partial charge in [0.05, 0.1) is 0 Å². The van der Waals surface area contributed by atoms with Crippen LogP contribution in [-0.4, -0.2) is 39.9 Å². The molecular weight excluding hydrogens is 366 g/mol. The monoisotopic (exact) mass is 391 g/mol. The molecule has 0 bridgehead atoms. The van der Waals surface area contributed by atoms with Gasteiger partial charge >= 0.3 is 6.09 Å². The van der Waals surface area contributed by atoms with Gasteiger partial charge in [-0.15, -0.1) is 0 Å². The van der Waals surface area contributed by atoms with E-state index in [0.29, 0.717) is 23.6 Å². The van der Waals surface area contributed by atoms with Crippen LogP contribution in [0.4, 0.5) is 4.79 Å². The van der Waals surface area contributed by atoms with Gasteiger partial charge < -0.3 is 19.8 Å². The van der Waals surface area contributed by atoms with Gasteiger partial charge in [0.1, 0.15) is 18.5 Å². The average molecular weight is 392 g/mol. The third-order valence-corrected chi connectivity index (χ3v) is 4.42. The van der Waals surface area contributed by atoms with Gasteiger partial charge in [-0.25, -0.2) is 4.79 Å². The van der Waals surface area contributed by atoms with Crippen molar-refractivity contribution in [2.24, 2.45) is 0 Å². The maximum Gasteiger partial charge on any atom is 0.410 e. The number of aliphatic hydroxyl groups excluding tert-OH is 1. The number of hydrogen-bond donors (Lipinski definition) is 2. The molecule has 0 aliphatic rings. The number of phenolic OH excluding ortho intramolecular Hbond substituents is 1. The molecule has 6 heteroatoms. The number of halogens is 1. The number of aromatic hydroxyl groups is 1. The second-order valence-corrected chi connectivity index (χ2v) is 7.82. The summed E-state index contributed by atoms with van der Waals surface area (Å²) >= 11 is 5.93. The first-order chi connectivity index (χ1) is 12.7. The van der Waals surface area contributed by atoms with Gasteiger partial charge in [0.25, 0.3) is 0 Å². The minimum atomic E-state index is -0.938. The van der Waals surface area contributed by atoms with E-state index in [1.165, 1.54) is 0 Å². The number of aliphatic hydroxyl groups is 1. The Bertz CT molecular complexity index is 756. The van der Waals surface area contributed by atoms with Crippen LogP contribution < -0.4 is 0 Å². The Labute approximate surface area is 165 Å². The van der Waals surface area contributed by atoms with E-state index >= 15 is 0 Å². The summed E-state index contributed by atoms with van der Waals surface area (Å²) in [5, 5.41) is 20.1. The lowest BCUT2D eigenvalue weighted by atomic mass is 10.0. The van der Waals surface area contributed by atoms with E-state index in [-0.39, 0.29) is 12.4 Å². The summed E-state index contributed by atoms with van der Waals surface area (Å²) < 4.78 is 5.35. The predicted molar refractivity (Wildman–Crippen MR) is 106 cm³/mol. The average Bonchev–Trinajstić information content (AvgIpc) is 2.60. The van der Waals surface area contributed by atoms with Crippen LogP contribution >= 0.6 is 11.6 Å². The highest BCUT2D eigenvalue weighted by Crippen LogP contribution is 2.20. The smallest absolute Gasteiger partial charge is 0.410 e. The Kier molecular flexibility index (Phi) is 7.11. The van der Waals surface area contributed by atoms with Crippen molar-refractivity contribution in [3.8, 4) is 5.75 Å². The van der Waals surface area contributed by atoms with E-state index in [4.69, 9.17) is 16.3 Å². The minimum Gasteiger partial charge on any atom is -0.508 e. The molecular formula is C21H26ClNO4. The number of benzene rings is 2. The summed E-state index contributed by atoms with van der Waals surface area (Å²) in [4.78, 5) is 14.2. The Balaban J connectivity index is 1.96. The van der Waals surface area contributed by atoms with E-state index < -0.39 is 17.7 Å². The number of amides is 1. The molecule has 0 spiro atoms. The summed E-state index contributed by atoms with van der Waals surface area (Å²) in [5.74, 6) is 0.209. The van der Waals surface area contributed by atoms with Crippen molar-refractivity contribution in [2.45, 2.75) is 38.8 Å². The van der Waals surface area contributed by atoms with Gasteiger partial charge in [-0.1, -0.05) is 35.9 Å². The van der Waals surface area contributed by atoms with E-state index in [1.54, 1.807) is 41.3 Å². The van der Waals surface area contributed by atoms with Gasteiger partial charge in [-0.3, -0.25) is 0 Å². The fourth-order valence-corrected chi connectivity index (χ4v) is 2.84. The van der Waals surface area contributed by atoms with Crippen LogP contribution in [0.1, 0.15) is 38.0 Å². The lowest BCUT2D eigenvalue weighted by Gasteiger charge is -2.35. The van der Waals surface area contributed by atoms with Crippen molar-refractivity contribution in [3.05, 3.63) is 64.7 Å². The molecule has 2 aromatic carbocycles. The first kappa shape index (κ1) is 21.1. The fourth-order valence-electron chi connectivity index (χ4n) is 2.64. The summed E-state index contributed by atoms with van der Waals surface area (Å²) in [6, 6.07) is 13.7. The molecule has 0 unspecified atom stereocenters. The molecule has 5 nitrogen and oxygen atoms in total. The lowest BCUT2D eigenvalue weighted by Crippen LogP contribution is -2.47. The number of rotatable bonds is 6. The van der Waals surface area contributed by atoms with Crippen molar-refractivity contribution < 1.29 is 19.7 Å². The zero-order valence-corrected chi connectivity index (χ0v) is 16.6. The minimum absolute atomic E-state index is 0.148. The van der Waals surface area contributed by atoms with Crippen LogP contribution in [0.3, 0.4) is 0 Å². The first-order valence-electron chi connectivity index (χ1n) is 8.82. The topological polar surface area (TPSA) is 70.0 Å². The van der Waals surface area contributed by atoms with E-state index in [9.17, 15) is 15.0 Å². The fraction of sp³-hybridized carbons (Fsp3) is 0.381. The van der Waals surface area contributed by atoms with Gasteiger partial charge in [-0.05, 0) is 62.6 Å². The third kappa shape index (κ3) is 6.45. The molecule has 0 aromatic heterocycles. The van der Waals surface area contributed by atoms with Gasteiger partial charge in [0.15, 0.2) is 0 Å². The van der Waals surface area contributed by atoms with Gasteiger partial charge in [0.2, 0.25) is 0 Å². The Morgan fingerprint density at radius 3 is 2.44 bits per heavy atom. The molecule has 0 fully saturated rings. The SMILES string of the molecule is CC(C)(C)N(CCc1ccc(O)cc1)C(=O)OC[C@H](O)c1cccc(Cl)c1. The predicted octanol–water partition coefficient (Wildman–Crippen LogP) is 4.56. The number of ether oxygens (including phenoxy) is 1. The molecule has 1 amide bonds. The number of carbonyl (C=O) groups excluding carboxylic acids is 1. The molecule has 0 saturated carbocycles. The summed E-state index contributed by atoms with van der Waals surface area (Å²) in [6.45, 7) is 6.10. The maximum atomic E-state index is 12.6. The largest absolute Gasteiger partial charge is 0.508 e. The third-order valence-electron chi connectivity index (χ3n) is 4.19. The zero-order chi connectivity index (χ0) is 20.0. The van der Waals surface area contributed by atoms with Crippen LogP contribution in [0, 0.1) is 0 Å². The van der Waals surface area contributed by atoms with E-state index in [2.05, 4.69) is 0 Å². The van der Waals surface area contributed by atoms with Crippen molar-refractivity contribution in [1.82, 2.24) is 4.90 Å². The quantitative estimate of drug-likeness (QED) is 0.757. The summed E-state index contributed by atoms with van der Waals surface area (Å²) in [5.41, 5.74) is 1.17. The Hall–Kier alpha value is -2.24. The van der Waals surface area contributed by atoms with Crippen LogP contribution in [0.25, 0.3) is 0 Å². The van der Waals surface area contributed by atoms with Gasteiger partial charge in [0, 0.05) is 17.1 Å². The van der Waals surface area contributed by atoms with Crippen LogP contribution in [0.2, 0.25) is 5.02 Å². The molecule has 146 valence electrons. The number of hydrogen-bond acceptors (Lipinski definition) is 4. The summed E-state index contributed by atoms with van der Waals surface area (Å²) in [6.07, 6.45) is -0.794. The highest BCUT2D eigenvalue weighted by atomic mass is 35.5.